The lowest BCUT2D eigenvalue weighted by Crippen LogP contribution is -2.41. The van der Waals surface area contributed by atoms with Gasteiger partial charge in [0.1, 0.15) is 5.75 Å². The predicted molar refractivity (Wildman–Crippen MR) is 89.3 cm³/mol. The van der Waals surface area contributed by atoms with Gasteiger partial charge in [-0.3, -0.25) is 4.79 Å². The number of hydrogen-bond acceptors (Lipinski definition) is 2. The minimum Gasteiger partial charge on any atom is -0.497 e. The molecule has 2 aromatic rings. The van der Waals surface area contributed by atoms with Gasteiger partial charge < -0.3 is 10.1 Å². The van der Waals surface area contributed by atoms with E-state index in [0.29, 0.717) is 11.4 Å². The minimum atomic E-state index is -0.449. The first-order valence-electron chi connectivity index (χ1n) is 7.11. The molecule has 0 aliphatic carbocycles. The number of halogens is 1. The third-order valence-corrected chi connectivity index (χ3v) is 3.79. The van der Waals surface area contributed by atoms with Crippen molar-refractivity contribution >= 4 is 17.5 Å². The first kappa shape index (κ1) is 16.4. The van der Waals surface area contributed by atoms with Crippen LogP contribution in [0.4, 0.5) is 0 Å². The Morgan fingerprint density at radius 2 is 1.68 bits per heavy atom. The average Bonchev–Trinajstić information content (AvgIpc) is 2.49. The van der Waals surface area contributed by atoms with Crippen molar-refractivity contribution in [2.45, 2.75) is 25.8 Å². The summed E-state index contributed by atoms with van der Waals surface area (Å²) in [6.07, 6.45) is 0.330. The highest BCUT2D eigenvalue weighted by atomic mass is 35.5. The van der Waals surface area contributed by atoms with Crippen LogP contribution in [0.5, 0.6) is 5.75 Å². The zero-order chi connectivity index (χ0) is 16.2. The molecule has 3 nitrogen and oxygen atoms in total. The number of ether oxygens (including phenoxy) is 1. The summed E-state index contributed by atoms with van der Waals surface area (Å²) < 4.78 is 5.15. The molecule has 0 aromatic heterocycles. The number of amides is 1. The number of benzene rings is 2. The minimum absolute atomic E-state index is 0.0249. The van der Waals surface area contributed by atoms with Crippen LogP contribution in [-0.4, -0.2) is 13.0 Å². The van der Waals surface area contributed by atoms with Crippen molar-refractivity contribution in [1.29, 1.82) is 0 Å². The van der Waals surface area contributed by atoms with Gasteiger partial charge in [-0.25, -0.2) is 0 Å². The van der Waals surface area contributed by atoms with Gasteiger partial charge in [-0.15, -0.1) is 0 Å². The second-order valence-corrected chi connectivity index (χ2v) is 6.14. The van der Waals surface area contributed by atoms with E-state index in [2.05, 4.69) is 5.32 Å². The maximum atomic E-state index is 12.2. The number of nitrogens with one attached hydrogen (secondary N) is 1. The van der Waals surface area contributed by atoms with Crippen molar-refractivity contribution in [2.75, 3.05) is 7.11 Å². The second kappa shape index (κ2) is 6.84. The number of carbonyl (C=O) groups is 1. The molecule has 1 N–H and O–H groups in total. The molecule has 0 saturated heterocycles. The van der Waals surface area contributed by atoms with Crippen LogP contribution < -0.4 is 10.1 Å². The zero-order valence-corrected chi connectivity index (χ0v) is 13.8. The first-order chi connectivity index (χ1) is 10.4. The molecule has 0 radical (unpaired) electrons. The fraction of sp³-hybridized carbons (Fsp3) is 0.278. The quantitative estimate of drug-likeness (QED) is 0.907. The van der Waals surface area contributed by atoms with E-state index in [1.165, 1.54) is 0 Å². The smallest absolute Gasteiger partial charge is 0.225 e. The predicted octanol–water partition coefficient (Wildman–Crippen LogP) is 3.94. The number of hydrogen-bond donors (Lipinski definition) is 1. The summed E-state index contributed by atoms with van der Waals surface area (Å²) in [5.74, 6) is 0.773. The largest absolute Gasteiger partial charge is 0.497 e. The van der Waals surface area contributed by atoms with Crippen molar-refractivity contribution in [1.82, 2.24) is 5.32 Å². The molecule has 0 spiro atoms. The number of rotatable bonds is 5. The molecule has 0 saturated carbocycles. The summed E-state index contributed by atoms with van der Waals surface area (Å²) in [6.45, 7) is 3.96. The lowest BCUT2D eigenvalue weighted by Gasteiger charge is -2.27. The molecule has 2 aromatic carbocycles. The average molecular weight is 318 g/mol. The maximum Gasteiger partial charge on any atom is 0.225 e. The van der Waals surface area contributed by atoms with Gasteiger partial charge in [-0.05, 0) is 49.2 Å². The summed E-state index contributed by atoms with van der Waals surface area (Å²) >= 11 is 5.85. The molecule has 1 amide bonds. The van der Waals surface area contributed by atoms with Crippen LogP contribution in [0.1, 0.15) is 25.0 Å². The van der Waals surface area contributed by atoms with Crippen LogP contribution in [0.2, 0.25) is 5.02 Å². The Labute approximate surface area is 136 Å². The van der Waals surface area contributed by atoms with Crippen LogP contribution >= 0.6 is 11.6 Å². The fourth-order valence-electron chi connectivity index (χ4n) is 2.26. The molecule has 0 bridgehead atoms. The summed E-state index contributed by atoms with van der Waals surface area (Å²) in [4.78, 5) is 12.2. The highest BCUT2D eigenvalue weighted by Gasteiger charge is 2.22. The van der Waals surface area contributed by atoms with E-state index < -0.39 is 5.54 Å². The van der Waals surface area contributed by atoms with E-state index in [1.54, 1.807) is 19.2 Å². The summed E-state index contributed by atoms with van der Waals surface area (Å²) in [5.41, 5.74) is 1.51. The molecule has 0 heterocycles. The van der Waals surface area contributed by atoms with Crippen LogP contribution in [-0.2, 0) is 16.8 Å². The third-order valence-electron chi connectivity index (χ3n) is 3.54. The number of carbonyl (C=O) groups excluding carboxylic acids is 1. The summed E-state index contributed by atoms with van der Waals surface area (Å²) in [7, 11) is 1.63. The van der Waals surface area contributed by atoms with Gasteiger partial charge in [0.2, 0.25) is 5.91 Å². The van der Waals surface area contributed by atoms with Crippen molar-refractivity contribution in [2.24, 2.45) is 0 Å². The highest BCUT2D eigenvalue weighted by molar-refractivity contribution is 6.30. The molecular formula is C18H20ClNO2. The maximum absolute atomic E-state index is 12.2. The fourth-order valence-corrected chi connectivity index (χ4v) is 2.39. The van der Waals surface area contributed by atoms with Crippen LogP contribution in [0.15, 0.2) is 48.5 Å². The van der Waals surface area contributed by atoms with E-state index in [0.717, 1.165) is 16.9 Å². The molecule has 2 rings (SSSR count). The molecule has 0 aliphatic heterocycles. The SMILES string of the molecule is COc1ccc(C(C)(C)NC(=O)Cc2ccc(Cl)cc2)cc1. The highest BCUT2D eigenvalue weighted by Crippen LogP contribution is 2.23. The Balaban J connectivity index is 2.03. The van der Waals surface area contributed by atoms with E-state index >= 15 is 0 Å². The molecule has 22 heavy (non-hydrogen) atoms. The zero-order valence-electron chi connectivity index (χ0n) is 13.0. The van der Waals surface area contributed by atoms with Crippen molar-refractivity contribution in [3.05, 3.63) is 64.7 Å². The van der Waals surface area contributed by atoms with Crippen molar-refractivity contribution < 1.29 is 9.53 Å². The molecule has 0 atom stereocenters. The van der Waals surface area contributed by atoms with E-state index in [-0.39, 0.29) is 5.91 Å². The van der Waals surface area contributed by atoms with E-state index in [1.807, 2.05) is 50.2 Å². The molecular weight excluding hydrogens is 298 g/mol. The Morgan fingerprint density at radius 3 is 2.23 bits per heavy atom. The number of methoxy groups -OCH3 is 1. The summed E-state index contributed by atoms with van der Waals surface area (Å²) in [5, 5.41) is 3.73. The van der Waals surface area contributed by atoms with Gasteiger partial charge in [-0.1, -0.05) is 35.9 Å². The van der Waals surface area contributed by atoms with Gasteiger partial charge in [0.15, 0.2) is 0 Å². The van der Waals surface area contributed by atoms with Gasteiger partial charge in [0.25, 0.3) is 0 Å². The Hall–Kier alpha value is -2.00. The van der Waals surface area contributed by atoms with Crippen molar-refractivity contribution in [3.63, 3.8) is 0 Å². The Kier molecular flexibility index (Phi) is 5.09. The van der Waals surface area contributed by atoms with Gasteiger partial charge >= 0.3 is 0 Å². The van der Waals surface area contributed by atoms with Crippen LogP contribution in [0.25, 0.3) is 0 Å². The Bertz CT molecular complexity index is 633. The van der Waals surface area contributed by atoms with Gasteiger partial charge in [-0.2, -0.15) is 0 Å². The topological polar surface area (TPSA) is 38.3 Å². The molecule has 116 valence electrons. The molecule has 4 heteroatoms. The normalized spacial score (nSPS) is 11.1. The lowest BCUT2D eigenvalue weighted by atomic mass is 9.94. The molecule has 0 fully saturated rings. The molecule has 0 aliphatic rings. The van der Waals surface area contributed by atoms with Crippen LogP contribution in [0, 0.1) is 0 Å². The van der Waals surface area contributed by atoms with E-state index in [4.69, 9.17) is 16.3 Å². The monoisotopic (exact) mass is 317 g/mol. The standard InChI is InChI=1S/C18H20ClNO2/c1-18(2,14-6-10-16(22-3)11-7-14)20-17(21)12-13-4-8-15(19)9-5-13/h4-11H,12H2,1-3H3,(H,20,21). The van der Waals surface area contributed by atoms with Gasteiger partial charge in [0, 0.05) is 5.02 Å². The summed E-state index contributed by atoms with van der Waals surface area (Å²) in [6, 6.07) is 15.0. The molecule has 0 unspecified atom stereocenters. The third kappa shape index (κ3) is 4.25. The second-order valence-electron chi connectivity index (χ2n) is 5.70. The van der Waals surface area contributed by atoms with Crippen molar-refractivity contribution in [3.8, 4) is 5.75 Å². The van der Waals surface area contributed by atoms with Gasteiger partial charge in [0.05, 0.1) is 19.1 Å². The van der Waals surface area contributed by atoms with Crippen LogP contribution in [0.3, 0.4) is 0 Å². The Morgan fingerprint density at radius 1 is 1.09 bits per heavy atom. The van der Waals surface area contributed by atoms with E-state index in [9.17, 15) is 4.79 Å². The first-order valence-corrected chi connectivity index (χ1v) is 7.48. The lowest BCUT2D eigenvalue weighted by molar-refractivity contribution is -0.122.